The Kier molecular flexibility index (Phi) is 6.57. The Bertz CT molecular complexity index is 1440. The summed E-state index contributed by atoms with van der Waals surface area (Å²) in [7, 11) is 3.32. The van der Waals surface area contributed by atoms with E-state index in [9.17, 15) is 0 Å². The van der Waals surface area contributed by atoms with E-state index in [0.717, 1.165) is 33.4 Å². The van der Waals surface area contributed by atoms with Crippen LogP contribution in [0.15, 0.2) is 121 Å². The second-order valence-electron chi connectivity index (χ2n) is 8.97. The highest BCUT2D eigenvalue weighted by Crippen LogP contribution is 2.50. The first kappa shape index (κ1) is 24.0. The fourth-order valence-corrected chi connectivity index (χ4v) is 5.14. The molecular weight excluding hydrogens is 456 g/mol. The molecule has 0 spiro atoms. The first-order valence-electron chi connectivity index (χ1n) is 12.2. The van der Waals surface area contributed by atoms with Crippen LogP contribution >= 0.6 is 0 Å². The minimum Gasteiger partial charge on any atom is -0.497 e. The summed E-state index contributed by atoms with van der Waals surface area (Å²) in [5.41, 5.74) is 20.0. The third-order valence-electron chi connectivity index (χ3n) is 6.96. The van der Waals surface area contributed by atoms with Gasteiger partial charge in [0, 0.05) is 11.4 Å². The molecule has 0 aliphatic rings. The molecule has 0 unspecified atom stereocenters. The fraction of sp³-hybridized carbons (Fsp3) is 0.0909. The van der Waals surface area contributed by atoms with E-state index in [1.807, 2.05) is 72.8 Å². The van der Waals surface area contributed by atoms with Crippen LogP contribution in [0, 0.1) is 0 Å². The van der Waals surface area contributed by atoms with E-state index < -0.39 is 5.41 Å². The molecule has 5 rings (SSSR count). The lowest BCUT2D eigenvalue weighted by Crippen LogP contribution is -2.33. The Morgan fingerprint density at radius 2 is 0.919 bits per heavy atom. The fourth-order valence-electron chi connectivity index (χ4n) is 5.14. The third kappa shape index (κ3) is 4.27. The van der Waals surface area contributed by atoms with Crippen LogP contribution in [0.3, 0.4) is 0 Å². The summed E-state index contributed by atoms with van der Waals surface area (Å²) in [5.74, 6) is 1.43. The molecule has 0 aliphatic carbocycles. The van der Waals surface area contributed by atoms with Crippen molar-refractivity contribution < 1.29 is 9.47 Å². The lowest BCUT2D eigenvalue weighted by atomic mass is 9.64. The van der Waals surface area contributed by atoms with Crippen molar-refractivity contribution in [1.82, 2.24) is 0 Å². The number of rotatable bonds is 7. The largest absolute Gasteiger partial charge is 0.497 e. The number of hydrogen-bond acceptors (Lipinski definition) is 4. The molecule has 4 heteroatoms. The standard InChI is InChI=1S/C33H30N2O2/c1-36-27-17-19-31(34)29(21-27)33(25-11-7-4-8-12-25,30-22-28(37-2)18-20-32(30)35)26-15-13-24(14-16-26)23-9-5-3-6-10-23/h3-22H,34-35H2,1-2H3. The van der Waals surface area contributed by atoms with Gasteiger partial charge in [-0.3, -0.25) is 0 Å². The number of nitrogens with two attached hydrogens (primary N) is 2. The Morgan fingerprint density at radius 3 is 1.41 bits per heavy atom. The Morgan fingerprint density at radius 1 is 0.486 bits per heavy atom. The van der Waals surface area contributed by atoms with E-state index >= 15 is 0 Å². The van der Waals surface area contributed by atoms with Crippen LogP contribution in [-0.2, 0) is 5.41 Å². The second-order valence-corrected chi connectivity index (χ2v) is 8.97. The van der Waals surface area contributed by atoms with Crippen molar-refractivity contribution in [3.05, 3.63) is 144 Å². The number of nitrogen functional groups attached to an aromatic ring is 2. The average Bonchev–Trinajstić information content (AvgIpc) is 2.96. The van der Waals surface area contributed by atoms with Gasteiger partial charge in [0.25, 0.3) is 0 Å². The Hall–Kier alpha value is -4.70. The molecule has 4 nitrogen and oxygen atoms in total. The molecule has 0 saturated carbocycles. The molecule has 37 heavy (non-hydrogen) atoms. The molecular formula is C33H30N2O2. The zero-order chi connectivity index (χ0) is 25.8. The van der Waals surface area contributed by atoms with Crippen LogP contribution in [-0.4, -0.2) is 14.2 Å². The van der Waals surface area contributed by atoms with Gasteiger partial charge in [-0.05, 0) is 69.8 Å². The van der Waals surface area contributed by atoms with Crippen molar-refractivity contribution in [2.24, 2.45) is 0 Å². The van der Waals surface area contributed by atoms with Crippen LogP contribution in [0.2, 0.25) is 0 Å². The average molecular weight is 487 g/mol. The Balaban J connectivity index is 1.89. The van der Waals surface area contributed by atoms with Gasteiger partial charge in [-0.25, -0.2) is 0 Å². The van der Waals surface area contributed by atoms with Gasteiger partial charge in [0.05, 0.1) is 19.6 Å². The molecule has 5 aromatic carbocycles. The van der Waals surface area contributed by atoms with Gasteiger partial charge in [0.1, 0.15) is 11.5 Å². The van der Waals surface area contributed by atoms with Crippen LogP contribution in [0.4, 0.5) is 11.4 Å². The van der Waals surface area contributed by atoms with Crippen molar-refractivity contribution in [2.45, 2.75) is 5.41 Å². The van der Waals surface area contributed by atoms with Gasteiger partial charge < -0.3 is 20.9 Å². The summed E-state index contributed by atoms with van der Waals surface area (Å²) in [6.07, 6.45) is 0. The first-order valence-corrected chi connectivity index (χ1v) is 12.2. The highest BCUT2D eigenvalue weighted by atomic mass is 16.5. The summed E-state index contributed by atoms with van der Waals surface area (Å²) in [6, 6.07) is 40.8. The number of ether oxygens (including phenoxy) is 2. The van der Waals surface area contributed by atoms with Crippen molar-refractivity contribution in [3.63, 3.8) is 0 Å². The van der Waals surface area contributed by atoms with Gasteiger partial charge >= 0.3 is 0 Å². The topological polar surface area (TPSA) is 70.5 Å². The van der Waals surface area contributed by atoms with Gasteiger partial charge in [-0.2, -0.15) is 0 Å². The van der Waals surface area contributed by atoms with Gasteiger partial charge in [-0.15, -0.1) is 0 Å². The first-order chi connectivity index (χ1) is 18.1. The minimum absolute atomic E-state index is 0.638. The third-order valence-corrected chi connectivity index (χ3v) is 6.96. The second kappa shape index (κ2) is 10.1. The molecule has 0 amide bonds. The number of anilines is 2. The van der Waals surface area contributed by atoms with Crippen molar-refractivity contribution >= 4 is 11.4 Å². The van der Waals surface area contributed by atoms with E-state index in [2.05, 4.69) is 48.5 Å². The lowest BCUT2D eigenvalue weighted by Gasteiger charge is -2.38. The predicted molar refractivity (Wildman–Crippen MR) is 152 cm³/mol. The van der Waals surface area contributed by atoms with Crippen molar-refractivity contribution in [3.8, 4) is 22.6 Å². The molecule has 0 fully saturated rings. The molecule has 4 N–H and O–H groups in total. The summed E-state index contributed by atoms with van der Waals surface area (Å²) < 4.78 is 11.3. The van der Waals surface area contributed by atoms with E-state index in [1.165, 1.54) is 0 Å². The maximum atomic E-state index is 6.76. The minimum atomic E-state index is -0.840. The monoisotopic (exact) mass is 486 g/mol. The summed E-state index contributed by atoms with van der Waals surface area (Å²) in [6.45, 7) is 0. The quantitative estimate of drug-likeness (QED) is 0.194. The molecule has 0 aromatic heterocycles. The van der Waals surface area contributed by atoms with Gasteiger partial charge in [0.2, 0.25) is 0 Å². The van der Waals surface area contributed by atoms with E-state index in [-0.39, 0.29) is 0 Å². The van der Waals surface area contributed by atoms with Crippen LogP contribution in [0.5, 0.6) is 11.5 Å². The lowest BCUT2D eigenvalue weighted by molar-refractivity contribution is 0.413. The predicted octanol–water partition coefficient (Wildman–Crippen LogP) is 6.92. The van der Waals surface area contributed by atoms with E-state index in [1.54, 1.807) is 14.2 Å². The van der Waals surface area contributed by atoms with E-state index in [4.69, 9.17) is 20.9 Å². The zero-order valence-electron chi connectivity index (χ0n) is 21.0. The Labute approximate surface area is 218 Å². The summed E-state index contributed by atoms with van der Waals surface area (Å²) in [5, 5.41) is 0. The summed E-state index contributed by atoms with van der Waals surface area (Å²) in [4.78, 5) is 0. The zero-order valence-corrected chi connectivity index (χ0v) is 21.0. The normalized spacial score (nSPS) is 11.2. The maximum absolute atomic E-state index is 6.76. The molecule has 0 atom stereocenters. The SMILES string of the molecule is COc1ccc(N)c(C(c2ccccc2)(c2ccc(-c3ccccc3)cc2)c2cc(OC)ccc2N)c1. The number of benzene rings is 5. The summed E-state index contributed by atoms with van der Waals surface area (Å²) >= 11 is 0. The highest BCUT2D eigenvalue weighted by Gasteiger charge is 2.41. The van der Waals surface area contributed by atoms with Crippen LogP contribution < -0.4 is 20.9 Å². The molecule has 184 valence electrons. The van der Waals surface area contributed by atoms with Gasteiger partial charge in [-0.1, -0.05) is 84.9 Å². The van der Waals surface area contributed by atoms with Crippen LogP contribution in [0.25, 0.3) is 11.1 Å². The van der Waals surface area contributed by atoms with Crippen molar-refractivity contribution in [2.75, 3.05) is 25.7 Å². The molecule has 0 radical (unpaired) electrons. The van der Waals surface area contributed by atoms with Gasteiger partial charge in [0.15, 0.2) is 0 Å². The van der Waals surface area contributed by atoms with E-state index in [0.29, 0.717) is 22.9 Å². The molecule has 0 heterocycles. The van der Waals surface area contributed by atoms with Crippen LogP contribution in [0.1, 0.15) is 22.3 Å². The number of hydrogen-bond donors (Lipinski definition) is 2. The maximum Gasteiger partial charge on any atom is 0.119 e. The number of methoxy groups -OCH3 is 2. The molecule has 0 aliphatic heterocycles. The molecule has 0 saturated heterocycles. The molecule has 0 bridgehead atoms. The molecule has 5 aromatic rings. The van der Waals surface area contributed by atoms with Crippen molar-refractivity contribution in [1.29, 1.82) is 0 Å². The highest BCUT2D eigenvalue weighted by molar-refractivity contribution is 5.74. The smallest absolute Gasteiger partial charge is 0.119 e.